The molecule has 0 saturated carbocycles. The van der Waals surface area contributed by atoms with E-state index >= 15 is 0 Å². The molecule has 1 unspecified atom stereocenters. The van der Waals surface area contributed by atoms with E-state index in [9.17, 15) is 4.21 Å². The van der Waals surface area contributed by atoms with Crippen molar-refractivity contribution < 1.29 is 4.21 Å². The summed E-state index contributed by atoms with van der Waals surface area (Å²) < 4.78 is 11.1. The van der Waals surface area contributed by atoms with E-state index < -0.39 is 10.8 Å². The lowest BCUT2D eigenvalue weighted by Gasteiger charge is -2.31. The molecule has 4 heteroatoms. The van der Waals surface area contributed by atoms with Crippen molar-refractivity contribution in [1.82, 2.24) is 10.2 Å². The van der Waals surface area contributed by atoms with Crippen LogP contribution < -0.4 is 5.32 Å². The molecule has 1 fully saturated rings. The van der Waals surface area contributed by atoms with Crippen LogP contribution in [0, 0.1) is 0 Å². The Labute approximate surface area is 83.3 Å². The van der Waals surface area contributed by atoms with Gasteiger partial charge in [-0.05, 0) is 13.5 Å². The van der Waals surface area contributed by atoms with E-state index in [-0.39, 0.29) is 0 Å². The van der Waals surface area contributed by atoms with Crippen LogP contribution in [0.3, 0.4) is 0 Å². The Morgan fingerprint density at radius 2 is 2.08 bits per heavy atom. The number of hydrogen-bond donors (Lipinski definition) is 1. The smallest absolute Gasteiger partial charge is 0.0363 e. The fourth-order valence-corrected chi connectivity index (χ4v) is 2.66. The fraction of sp³-hybridized carbons (Fsp3) is 1.00. The molecule has 0 amide bonds. The predicted octanol–water partition coefficient (Wildman–Crippen LogP) is 0.0487. The molecule has 0 radical (unpaired) electrons. The Bertz CT molecular complexity index is 165. The van der Waals surface area contributed by atoms with Gasteiger partial charge in [0.15, 0.2) is 0 Å². The van der Waals surface area contributed by atoms with Gasteiger partial charge < -0.3 is 5.32 Å². The van der Waals surface area contributed by atoms with Crippen molar-refractivity contribution in [3.05, 3.63) is 0 Å². The zero-order chi connectivity index (χ0) is 9.68. The first-order chi connectivity index (χ1) is 6.24. The van der Waals surface area contributed by atoms with E-state index in [0.29, 0.717) is 6.04 Å². The Balaban J connectivity index is 2.23. The van der Waals surface area contributed by atoms with E-state index in [0.717, 1.165) is 37.7 Å². The minimum atomic E-state index is -0.545. The van der Waals surface area contributed by atoms with E-state index in [1.54, 1.807) is 0 Å². The summed E-state index contributed by atoms with van der Waals surface area (Å²) in [6.45, 7) is 8.43. The lowest BCUT2D eigenvalue weighted by molar-refractivity contribution is 0.224. The SMILES string of the molecule is CCNCC(C)N1CCS(=O)CC1. The monoisotopic (exact) mass is 204 g/mol. The van der Waals surface area contributed by atoms with Gasteiger partial charge in [-0.25, -0.2) is 0 Å². The van der Waals surface area contributed by atoms with Gasteiger partial charge in [0.1, 0.15) is 0 Å². The quantitative estimate of drug-likeness (QED) is 0.702. The van der Waals surface area contributed by atoms with Crippen molar-refractivity contribution >= 4 is 10.8 Å². The van der Waals surface area contributed by atoms with Crippen LogP contribution in [-0.4, -0.2) is 52.8 Å². The predicted molar refractivity (Wildman–Crippen MR) is 57.5 cm³/mol. The van der Waals surface area contributed by atoms with Gasteiger partial charge >= 0.3 is 0 Å². The number of nitrogens with one attached hydrogen (secondary N) is 1. The number of likely N-dealkylation sites (N-methyl/N-ethyl adjacent to an activating group) is 1. The summed E-state index contributed by atoms with van der Waals surface area (Å²) in [5, 5.41) is 3.34. The molecule has 1 heterocycles. The third-order valence-electron chi connectivity index (χ3n) is 2.53. The molecule has 0 aromatic heterocycles. The topological polar surface area (TPSA) is 32.3 Å². The van der Waals surface area contributed by atoms with Crippen molar-refractivity contribution in [2.45, 2.75) is 19.9 Å². The summed E-state index contributed by atoms with van der Waals surface area (Å²) in [7, 11) is -0.545. The van der Waals surface area contributed by atoms with Crippen molar-refractivity contribution in [3.8, 4) is 0 Å². The van der Waals surface area contributed by atoms with Gasteiger partial charge in [0.05, 0.1) is 0 Å². The molecule has 1 aliphatic heterocycles. The summed E-state index contributed by atoms with van der Waals surface area (Å²) in [5.74, 6) is 1.72. The van der Waals surface area contributed by atoms with E-state index in [2.05, 4.69) is 24.1 Å². The van der Waals surface area contributed by atoms with Crippen LogP contribution in [0.2, 0.25) is 0 Å². The fourth-order valence-electron chi connectivity index (χ4n) is 1.58. The molecular formula is C9H20N2OS. The minimum absolute atomic E-state index is 0.545. The maximum absolute atomic E-state index is 11.1. The van der Waals surface area contributed by atoms with Crippen LogP contribution in [0.25, 0.3) is 0 Å². The van der Waals surface area contributed by atoms with Gasteiger partial charge in [0.25, 0.3) is 0 Å². The molecule has 1 atom stereocenters. The van der Waals surface area contributed by atoms with Gasteiger partial charge in [-0.2, -0.15) is 0 Å². The Kier molecular flexibility index (Phi) is 4.91. The average molecular weight is 204 g/mol. The van der Waals surface area contributed by atoms with Crippen LogP contribution in [0.5, 0.6) is 0 Å². The molecule has 0 aromatic rings. The van der Waals surface area contributed by atoms with Gasteiger partial charge in [-0.1, -0.05) is 6.92 Å². The van der Waals surface area contributed by atoms with Crippen molar-refractivity contribution in [2.75, 3.05) is 37.7 Å². The molecule has 1 saturated heterocycles. The summed E-state index contributed by atoms with van der Waals surface area (Å²) in [6.07, 6.45) is 0. The van der Waals surface area contributed by atoms with Gasteiger partial charge in [-0.3, -0.25) is 9.11 Å². The molecule has 1 aliphatic rings. The molecule has 0 spiro atoms. The Morgan fingerprint density at radius 1 is 1.46 bits per heavy atom. The van der Waals surface area contributed by atoms with E-state index in [4.69, 9.17) is 0 Å². The van der Waals surface area contributed by atoms with Gasteiger partial charge in [0, 0.05) is 48.0 Å². The molecule has 1 N–H and O–H groups in total. The lowest BCUT2D eigenvalue weighted by atomic mass is 10.2. The summed E-state index contributed by atoms with van der Waals surface area (Å²) in [6, 6.07) is 0.581. The maximum atomic E-state index is 11.1. The normalized spacial score (nSPS) is 23.2. The molecular weight excluding hydrogens is 184 g/mol. The summed E-state index contributed by atoms with van der Waals surface area (Å²) >= 11 is 0. The molecule has 0 aliphatic carbocycles. The van der Waals surface area contributed by atoms with Crippen molar-refractivity contribution in [2.24, 2.45) is 0 Å². The summed E-state index contributed by atoms with van der Waals surface area (Å²) in [5.41, 5.74) is 0. The first-order valence-corrected chi connectivity index (χ1v) is 6.52. The van der Waals surface area contributed by atoms with Crippen molar-refractivity contribution in [3.63, 3.8) is 0 Å². The number of nitrogens with zero attached hydrogens (tertiary/aromatic N) is 1. The molecule has 13 heavy (non-hydrogen) atoms. The zero-order valence-corrected chi connectivity index (χ0v) is 9.40. The van der Waals surface area contributed by atoms with Crippen LogP contribution in [-0.2, 0) is 10.8 Å². The highest BCUT2D eigenvalue weighted by molar-refractivity contribution is 7.85. The lowest BCUT2D eigenvalue weighted by Crippen LogP contribution is -2.47. The van der Waals surface area contributed by atoms with E-state index in [1.165, 1.54) is 0 Å². The van der Waals surface area contributed by atoms with Crippen LogP contribution >= 0.6 is 0 Å². The highest BCUT2D eigenvalue weighted by atomic mass is 32.2. The zero-order valence-electron chi connectivity index (χ0n) is 8.58. The molecule has 0 bridgehead atoms. The highest BCUT2D eigenvalue weighted by Gasteiger charge is 2.19. The third-order valence-corrected chi connectivity index (χ3v) is 3.80. The molecule has 78 valence electrons. The van der Waals surface area contributed by atoms with Crippen LogP contribution in [0.1, 0.15) is 13.8 Å². The summed E-state index contributed by atoms with van der Waals surface area (Å²) in [4.78, 5) is 2.42. The second-order valence-electron chi connectivity index (χ2n) is 3.54. The molecule has 1 rings (SSSR count). The highest BCUT2D eigenvalue weighted by Crippen LogP contribution is 2.04. The second kappa shape index (κ2) is 5.73. The largest absolute Gasteiger partial charge is 0.315 e. The van der Waals surface area contributed by atoms with Crippen LogP contribution in [0.15, 0.2) is 0 Å². The first kappa shape index (κ1) is 11.1. The van der Waals surface area contributed by atoms with Gasteiger partial charge in [-0.15, -0.1) is 0 Å². The maximum Gasteiger partial charge on any atom is 0.0363 e. The second-order valence-corrected chi connectivity index (χ2v) is 5.24. The standard InChI is InChI=1S/C9H20N2OS/c1-3-10-8-9(2)11-4-6-13(12)7-5-11/h9-10H,3-8H2,1-2H3. The van der Waals surface area contributed by atoms with Crippen molar-refractivity contribution in [1.29, 1.82) is 0 Å². The first-order valence-electron chi connectivity index (χ1n) is 5.03. The average Bonchev–Trinajstić information content (AvgIpc) is 2.15. The van der Waals surface area contributed by atoms with E-state index in [1.807, 2.05) is 0 Å². The van der Waals surface area contributed by atoms with Crippen LogP contribution in [0.4, 0.5) is 0 Å². The third kappa shape index (κ3) is 3.75. The Morgan fingerprint density at radius 3 is 2.62 bits per heavy atom. The minimum Gasteiger partial charge on any atom is -0.315 e. The molecule has 0 aromatic carbocycles. The number of rotatable bonds is 4. The molecule has 3 nitrogen and oxygen atoms in total. The Hall–Kier alpha value is 0.0700. The number of hydrogen-bond acceptors (Lipinski definition) is 3. The van der Waals surface area contributed by atoms with Gasteiger partial charge in [0.2, 0.25) is 0 Å².